The first kappa shape index (κ1) is 16.1. The molecule has 1 aromatic carbocycles. The molecule has 0 atom stereocenters. The highest BCUT2D eigenvalue weighted by atomic mass is 32.2. The summed E-state index contributed by atoms with van der Waals surface area (Å²) in [5, 5.41) is 16.1. The summed E-state index contributed by atoms with van der Waals surface area (Å²) in [6.07, 6.45) is 1.91. The number of rotatable bonds is 5. The molecule has 3 rings (SSSR count). The molecular formula is C15H15N5O3S. The van der Waals surface area contributed by atoms with Crippen molar-refractivity contribution in [1.29, 1.82) is 5.26 Å². The maximum absolute atomic E-state index is 12.4. The molecule has 0 amide bonds. The van der Waals surface area contributed by atoms with Gasteiger partial charge in [0.05, 0.1) is 18.0 Å². The Morgan fingerprint density at radius 2 is 2.21 bits per heavy atom. The summed E-state index contributed by atoms with van der Waals surface area (Å²) in [5.41, 5.74) is 1.94. The highest BCUT2D eigenvalue weighted by Gasteiger charge is 2.28. The van der Waals surface area contributed by atoms with Gasteiger partial charge >= 0.3 is 0 Å². The van der Waals surface area contributed by atoms with Crippen LogP contribution < -0.4 is 4.31 Å². The van der Waals surface area contributed by atoms with Crippen molar-refractivity contribution in [1.82, 2.24) is 14.8 Å². The van der Waals surface area contributed by atoms with Crippen LogP contribution in [-0.2, 0) is 23.0 Å². The third-order valence-corrected chi connectivity index (χ3v) is 5.76. The second-order valence-corrected chi connectivity index (χ2v) is 7.57. The number of hydrogen-bond acceptors (Lipinski definition) is 6. The molecule has 0 aliphatic carbocycles. The molecule has 0 unspecified atom stereocenters. The summed E-state index contributed by atoms with van der Waals surface area (Å²) < 4.78 is 26.9. The number of carbonyl (C=O) groups is 1. The Kier molecular flexibility index (Phi) is 4.07. The van der Waals surface area contributed by atoms with Crippen LogP contribution in [0.5, 0.6) is 0 Å². The van der Waals surface area contributed by atoms with Gasteiger partial charge in [0.25, 0.3) is 0 Å². The van der Waals surface area contributed by atoms with Gasteiger partial charge in [0.2, 0.25) is 15.8 Å². The Hall–Kier alpha value is -2.73. The summed E-state index contributed by atoms with van der Waals surface area (Å²) in [6, 6.07) is 6.87. The Morgan fingerprint density at radius 1 is 1.42 bits per heavy atom. The molecule has 0 bridgehead atoms. The summed E-state index contributed by atoms with van der Waals surface area (Å²) >= 11 is 0. The summed E-state index contributed by atoms with van der Waals surface area (Å²) in [5.74, 6) is -0.0758. The molecule has 8 nitrogen and oxygen atoms in total. The molecule has 0 fully saturated rings. The second-order valence-electron chi connectivity index (χ2n) is 5.38. The van der Waals surface area contributed by atoms with E-state index in [1.165, 1.54) is 15.2 Å². The van der Waals surface area contributed by atoms with E-state index in [2.05, 4.69) is 10.2 Å². The van der Waals surface area contributed by atoms with Crippen LogP contribution in [0.3, 0.4) is 0 Å². The van der Waals surface area contributed by atoms with Crippen LogP contribution in [0.1, 0.15) is 28.7 Å². The average molecular weight is 345 g/mol. The number of aromatic nitrogens is 3. The number of carbonyl (C=O) groups excluding carboxylic acids is 1. The predicted octanol–water partition coefficient (Wildman–Crippen LogP) is 0.745. The first-order valence-corrected chi connectivity index (χ1v) is 9.01. The third kappa shape index (κ3) is 2.76. The number of sulfonamides is 1. The Morgan fingerprint density at radius 3 is 2.92 bits per heavy atom. The SMILES string of the molecule is CCS(=O)(=O)N1CCc2cc(C(=O)Cn3cnnc3C#N)ccc21. The van der Waals surface area contributed by atoms with Gasteiger partial charge in [0, 0.05) is 12.1 Å². The van der Waals surface area contributed by atoms with Gasteiger partial charge in [-0.15, -0.1) is 10.2 Å². The Labute approximate surface area is 139 Å². The van der Waals surface area contributed by atoms with Crippen LogP contribution >= 0.6 is 0 Å². The minimum Gasteiger partial charge on any atom is -0.297 e. The van der Waals surface area contributed by atoms with Crippen molar-refractivity contribution < 1.29 is 13.2 Å². The van der Waals surface area contributed by atoms with E-state index in [4.69, 9.17) is 5.26 Å². The zero-order valence-electron chi connectivity index (χ0n) is 13.0. The molecule has 24 heavy (non-hydrogen) atoms. The summed E-state index contributed by atoms with van der Waals surface area (Å²) in [6.45, 7) is 1.97. The number of benzene rings is 1. The largest absolute Gasteiger partial charge is 0.297 e. The lowest BCUT2D eigenvalue weighted by Gasteiger charge is -2.18. The van der Waals surface area contributed by atoms with E-state index in [0.29, 0.717) is 24.2 Å². The molecule has 0 saturated heterocycles. The number of anilines is 1. The zero-order chi connectivity index (χ0) is 17.3. The van der Waals surface area contributed by atoms with Gasteiger partial charge in [-0.3, -0.25) is 13.7 Å². The molecule has 1 aliphatic rings. The average Bonchev–Trinajstić information content (AvgIpc) is 3.20. The lowest BCUT2D eigenvalue weighted by Crippen LogP contribution is -2.30. The van der Waals surface area contributed by atoms with E-state index in [9.17, 15) is 13.2 Å². The van der Waals surface area contributed by atoms with Crippen LogP contribution in [0.4, 0.5) is 5.69 Å². The number of fused-ring (bicyclic) bond motifs is 1. The summed E-state index contributed by atoms with van der Waals surface area (Å²) in [4.78, 5) is 12.4. The Bertz CT molecular complexity index is 942. The Balaban J connectivity index is 1.85. The number of ketones is 1. The van der Waals surface area contributed by atoms with E-state index < -0.39 is 10.0 Å². The van der Waals surface area contributed by atoms with E-state index in [-0.39, 0.29) is 23.9 Å². The predicted molar refractivity (Wildman–Crippen MR) is 86.0 cm³/mol. The molecule has 0 N–H and O–H groups in total. The molecule has 1 aliphatic heterocycles. The zero-order valence-corrected chi connectivity index (χ0v) is 13.8. The van der Waals surface area contributed by atoms with Gasteiger partial charge in [-0.25, -0.2) is 8.42 Å². The topological polar surface area (TPSA) is 109 Å². The van der Waals surface area contributed by atoms with Gasteiger partial charge in [0.15, 0.2) is 5.78 Å². The van der Waals surface area contributed by atoms with Crippen LogP contribution in [0.25, 0.3) is 0 Å². The fourth-order valence-electron chi connectivity index (χ4n) is 2.69. The molecule has 9 heteroatoms. The standard InChI is InChI=1S/C15H15N5O3S/c1-2-24(22,23)20-6-5-11-7-12(3-4-13(11)20)14(21)9-19-10-17-18-15(19)8-16/h3-4,7,10H,2,5-6,9H2,1H3. The molecule has 2 aromatic rings. The van der Waals surface area contributed by atoms with Gasteiger partial charge in [-0.1, -0.05) is 0 Å². The molecule has 0 saturated carbocycles. The van der Waals surface area contributed by atoms with Crippen molar-refractivity contribution in [3.05, 3.63) is 41.5 Å². The van der Waals surface area contributed by atoms with Gasteiger partial charge in [-0.05, 0) is 37.1 Å². The third-order valence-electron chi connectivity index (χ3n) is 3.98. The quantitative estimate of drug-likeness (QED) is 0.740. The summed E-state index contributed by atoms with van der Waals surface area (Å²) in [7, 11) is -3.30. The van der Waals surface area contributed by atoms with E-state index in [0.717, 1.165) is 5.56 Å². The molecule has 1 aromatic heterocycles. The van der Waals surface area contributed by atoms with Crippen molar-refractivity contribution in [2.24, 2.45) is 0 Å². The number of hydrogen-bond donors (Lipinski definition) is 0. The fourth-order valence-corrected chi connectivity index (χ4v) is 3.85. The van der Waals surface area contributed by atoms with Crippen molar-refractivity contribution in [2.75, 3.05) is 16.6 Å². The molecule has 124 valence electrons. The smallest absolute Gasteiger partial charge is 0.235 e. The highest BCUT2D eigenvalue weighted by Crippen LogP contribution is 2.31. The van der Waals surface area contributed by atoms with Gasteiger partial charge in [-0.2, -0.15) is 5.26 Å². The lowest BCUT2D eigenvalue weighted by atomic mass is 10.1. The van der Waals surface area contributed by atoms with Crippen molar-refractivity contribution in [2.45, 2.75) is 19.9 Å². The molecule has 2 heterocycles. The van der Waals surface area contributed by atoms with E-state index >= 15 is 0 Å². The van der Waals surface area contributed by atoms with E-state index in [1.807, 2.05) is 6.07 Å². The first-order valence-electron chi connectivity index (χ1n) is 7.40. The first-order chi connectivity index (χ1) is 11.5. The van der Waals surface area contributed by atoms with Crippen molar-refractivity contribution >= 4 is 21.5 Å². The monoisotopic (exact) mass is 345 g/mol. The molecule has 0 radical (unpaired) electrons. The minimum absolute atomic E-state index is 0.0361. The molecule has 0 spiro atoms. The van der Waals surface area contributed by atoms with Crippen LogP contribution in [0.2, 0.25) is 0 Å². The molecular weight excluding hydrogens is 330 g/mol. The lowest BCUT2D eigenvalue weighted by molar-refractivity contribution is 0.0971. The number of nitrogens with zero attached hydrogens (tertiary/aromatic N) is 5. The van der Waals surface area contributed by atoms with Crippen LogP contribution in [0, 0.1) is 11.3 Å². The van der Waals surface area contributed by atoms with Crippen LogP contribution in [0.15, 0.2) is 24.5 Å². The highest BCUT2D eigenvalue weighted by molar-refractivity contribution is 7.92. The number of nitriles is 1. The van der Waals surface area contributed by atoms with Gasteiger partial charge in [0.1, 0.15) is 12.4 Å². The maximum Gasteiger partial charge on any atom is 0.235 e. The second kappa shape index (κ2) is 6.05. The van der Waals surface area contributed by atoms with Crippen LogP contribution in [-0.4, -0.2) is 41.3 Å². The van der Waals surface area contributed by atoms with E-state index in [1.54, 1.807) is 25.1 Å². The van der Waals surface area contributed by atoms with Crippen molar-refractivity contribution in [3.8, 4) is 6.07 Å². The maximum atomic E-state index is 12.4. The van der Waals surface area contributed by atoms with Gasteiger partial charge < -0.3 is 0 Å². The minimum atomic E-state index is -3.30. The number of Topliss-reactive ketones (excluding diaryl/α,β-unsaturated/α-hetero) is 1. The fraction of sp³-hybridized carbons (Fsp3) is 0.333. The van der Waals surface area contributed by atoms with Crippen molar-refractivity contribution in [3.63, 3.8) is 0 Å². The normalized spacial score (nSPS) is 13.6.